The van der Waals surface area contributed by atoms with Gasteiger partial charge < -0.3 is 0 Å². The lowest BCUT2D eigenvalue weighted by Crippen LogP contribution is -2.30. The molecule has 3 N–H and O–H groups in total. The van der Waals surface area contributed by atoms with Gasteiger partial charge in [0.25, 0.3) is 0 Å². The van der Waals surface area contributed by atoms with E-state index in [0.29, 0.717) is 16.3 Å². The Morgan fingerprint density at radius 1 is 1.21 bits per heavy atom. The Hall–Kier alpha value is -1.07. The zero-order valence-corrected chi connectivity index (χ0v) is 11.7. The van der Waals surface area contributed by atoms with Crippen LogP contribution in [0.5, 0.6) is 0 Å². The van der Waals surface area contributed by atoms with E-state index in [4.69, 9.17) is 17.4 Å². The van der Waals surface area contributed by atoms with Crippen LogP contribution >= 0.6 is 23.4 Å². The summed E-state index contributed by atoms with van der Waals surface area (Å²) >= 11 is 7.72. The van der Waals surface area contributed by atoms with E-state index in [1.165, 1.54) is 12.1 Å². The van der Waals surface area contributed by atoms with Crippen molar-refractivity contribution in [2.45, 2.75) is 10.9 Å². The van der Waals surface area contributed by atoms with E-state index < -0.39 is 0 Å². The number of nitrogens with one attached hydrogen (secondary N) is 1. The van der Waals surface area contributed by atoms with Gasteiger partial charge in [-0.2, -0.15) is 0 Å². The van der Waals surface area contributed by atoms with Crippen molar-refractivity contribution in [3.63, 3.8) is 0 Å². The van der Waals surface area contributed by atoms with E-state index in [9.17, 15) is 4.39 Å². The molecule has 0 saturated heterocycles. The van der Waals surface area contributed by atoms with Gasteiger partial charge in [-0.25, -0.2) is 4.39 Å². The van der Waals surface area contributed by atoms with Crippen molar-refractivity contribution in [1.82, 2.24) is 5.43 Å². The minimum Gasteiger partial charge on any atom is -0.271 e. The molecule has 0 aliphatic carbocycles. The molecule has 0 saturated carbocycles. The minimum atomic E-state index is -0.315. The van der Waals surface area contributed by atoms with Crippen LogP contribution in [-0.2, 0) is 0 Å². The largest absolute Gasteiger partial charge is 0.271 e. The number of hydrogen-bond donors (Lipinski definition) is 2. The van der Waals surface area contributed by atoms with Gasteiger partial charge in [-0.3, -0.25) is 11.3 Å². The highest BCUT2D eigenvalue weighted by Gasteiger charge is 2.14. The van der Waals surface area contributed by atoms with Crippen molar-refractivity contribution < 1.29 is 4.39 Å². The van der Waals surface area contributed by atoms with Crippen molar-refractivity contribution in [2.24, 2.45) is 5.84 Å². The molecule has 1 atom stereocenters. The van der Waals surface area contributed by atoms with E-state index in [2.05, 4.69) is 5.43 Å². The van der Waals surface area contributed by atoms with Gasteiger partial charge in [0.1, 0.15) is 5.82 Å². The summed E-state index contributed by atoms with van der Waals surface area (Å²) in [5.74, 6) is 5.90. The molecule has 0 amide bonds. The van der Waals surface area contributed by atoms with Crippen LogP contribution in [0.3, 0.4) is 0 Å². The second-order valence-corrected chi connectivity index (χ2v) is 5.51. The van der Waals surface area contributed by atoms with Gasteiger partial charge in [0.2, 0.25) is 0 Å². The molecule has 19 heavy (non-hydrogen) atoms. The maximum absolute atomic E-state index is 13.3. The highest BCUT2D eigenvalue weighted by molar-refractivity contribution is 7.99. The smallest absolute Gasteiger partial charge is 0.123 e. The SMILES string of the molecule is NNC(CSc1ccccc1)c1cc(F)ccc1Cl. The number of thioether (sulfide) groups is 1. The van der Waals surface area contributed by atoms with Gasteiger partial charge >= 0.3 is 0 Å². The molecule has 2 aromatic rings. The number of rotatable bonds is 5. The van der Waals surface area contributed by atoms with E-state index in [-0.39, 0.29) is 11.9 Å². The highest BCUT2D eigenvalue weighted by atomic mass is 35.5. The molecule has 0 bridgehead atoms. The second-order valence-electron chi connectivity index (χ2n) is 4.01. The first-order chi connectivity index (χ1) is 9.20. The van der Waals surface area contributed by atoms with Crippen LogP contribution in [-0.4, -0.2) is 5.75 Å². The summed E-state index contributed by atoms with van der Waals surface area (Å²) in [6.45, 7) is 0. The summed E-state index contributed by atoms with van der Waals surface area (Å²) < 4.78 is 13.3. The molecular weight excluding hydrogens is 283 g/mol. The van der Waals surface area contributed by atoms with Crippen molar-refractivity contribution in [3.8, 4) is 0 Å². The number of hydrogen-bond acceptors (Lipinski definition) is 3. The first-order valence-corrected chi connectivity index (χ1v) is 7.16. The van der Waals surface area contributed by atoms with Gasteiger partial charge in [-0.05, 0) is 35.9 Å². The molecule has 5 heteroatoms. The standard InChI is InChI=1S/C14H14ClFN2S/c15-13-7-6-10(16)8-12(13)14(18-17)9-19-11-4-2-1-3-5-11/h1-8,14,18H,9,17H2. The van der Waals surface area contributed by atoms with Crippen LogP contribution in [0.25, 0.3) is 0 Å². The molecule has 1 unspecified atom stereocenters. The van der Waals surface area contributed by atoms with E-state index in [1.807, 2.05) is 30.3 Å². The molecule has 2 nitrogen and oxygen atoms in total. The molecule has 0 spiro atoms. The summed E-state index contributed by atoms with van der Waals surface area (Å²) in [6.07, 6.45) is 0. The molecule has 0 aromatic heterocycles. The van der Waals surface area contributed by atoms with Crippen molar-refractivity contribution in [3.05, 3.63) is 64.9 Å². The Balaban J connectivity index is 2.10. The summed E-state index contributed by atoms with van der Waals surface area (Å²) in [7, 11) is 0. The Kier molecular flexibility index (Phi) is 5.22. The second kappa shape index (κ2) is 6.91. The molecule has 100 valence electrons. The number of benzene rings is 2. The fraction of sp³-hybridized carbons (Fsp3) is 0.143. The predicted molar refractivity (Wildman–Crippen MR) is 78.6 cm³/mol. The first-order valence-electron chi connectivity index (χ1n) is 5.79. The van der Waals surface area contributed by atoms with E-state index in [1.54, 1.807) is 17.8 Å². The van der Waals surface area contributed by atoms with Crippen LogP contribution < -0.4 is 11.3 Å². The molecule has 0 aliphatic rings. The van der Waals surface area contributed by atoms with E-state index in [0.717, 1.165) is 4.90 Å². The lowest BCUT2D eigenvalue weighted by molar-refractivity contribution is 0.591. The Bertz CT molecular complexity index is 536. The van der Waals surface area contributed by atoms with Crippen LogP contribution in [0.2, 0.25) is 5.02 Å². The average Bonchev–Trinajstić information content (AvgIpc) is 2.44. The maximum Gasteiger partial charge on any atom is 0.123 e. The van der Waals surface area contributed by atoms with Crippen LogP contribution in [0, 0.1) is 5.82 Å². The van der Waals surface area contributed by atoms with Gasteiger partial charge in [0.05, 0.1) is 6.04 Å². The number of nitrogens with two attached hydrogens (primary N) is 1. The molecule has 0 radical (unpaired) electrons. The summed E-state index contributed by atoms with van der Waals surface area (Å²) in [4.78, 5) is 1.13. The molecule has 0 fully saturated rings. The van der Waals surface area contributed by atoms with Crippen molar-refractivity contribution >= 4 is 23.4 Å². The third-order valence-corrected chi connectivity index (χ3v) is 4.14. The van der Waals surface area contributed by atoms with Crippen LogP contribution in [0.4, 0.5) is 4.39 Å². The molecule has 2 aromatic carbocycles. The fourth-order valence-electron chi connectivity index (χ4n) is 1.71. The zero-order chi connectivity index (χ0) is 13.7. The molecular formula is C14H14ClFN2S. The Labute approximate surface area is 121 Å². The quantitative estimate of drug-likeness (QED) is 0.501. The lowest BCUT2D eigenvalue weighted by atomic mass is 10.1. The predicted octanol–water partition coefficient (Wildman–Crippen LogP) is 3.78. The van der Waals surface area contributed by atoms with Crippen LogP contribution in [0.15, 0.2) is 53.4 Å². The zero-order valence-electron chi connectivity index (χ0n) is 10.1. The normalized spacial score (nSPS) is 12.4. The molecule has 0 aliphatic heterocycles. The highest BCUT2D eigenvalue weighted by Crippen LogP contribution is 2.28. The molecule has 2 rings (SSSR count). The van der Waals surface area contributed by atoms with Gasteiger partial charge in [-0.1, -0.05) is 29.8 Å². The minimum absolute atomic E-state index is 0.201. The fourth-order valence-corrected chi connectivity index (χ4v) is 2.94. The molecule has 0 heterocycles. The summed E-state index contributed by atoms with van der Waals surface area (Å²) in [5.41, 5.74) is 3.36. The van der Waals surface area contributed by atoms with Gasteiger partial charge in [0, 0.05) is 15.7 Å². The third kappa shape index (κ3) is 3.94. The summed E-state index contributed by atoms with van der Waals surface area (Å²) in [6, 6.07) is 14.0. The third-order valence-electron chi connectivity index (χ3n) is 2.69. The topological polar surface area (TPSA) is 38.0 Å². The monoisotopic (exact) mass is 296 g/mol. The Morgan fingerprint density at radius 3 is 2.63 bits per heavy atom. The first kappa shape index (κ1) is 14.3. The maximum atomic E-state index is 13.3. The van der Waals surface area contributed by atoms with E-state index >= 15 is 0 Å². The lowest BCUT2D eigenvalue weighted by Gasteiger charge is -2.17. The van der Waals surface area contributed by atoms with Gasteiger partial charge in [0.15, 0.2) is 0 Å². The average molecular weight is 297 g/mol. The summed E-state index contributed by atoms with van der Waals surface area (Å²) in [5, 5.41) is 0.512. The Morgan fingerprint density at radius 2 is 1.95 bits per heavy atom. The number of halogens is 2. The van der Waals surface area contributed by atoms with Crippen molar-refractivity contribution in [1.29, 1.82) is 0 Å². The van der Waals surface area contributed by atoms with Gasteiger partial charge in [-0.15, -0.1) is 11.8 Å². The number of hydrazine groups is 1. The van der Waals surface area contributed by atoms with Crippen LogP contribution in [0.1, 0.15) is 11.6 Å². The van der Waals surface area contributed by atoms with Crippen molar-refractivity contribution in [2.75, 3.05) is 5.75 Å².